The van der Waals surface area contributed by atoms with Crippen molar-refractivity contribution < 1.29 is 30.8 Å². The molecule has 0 aliphatic carbocycles. The van der Waals surface area contributed by atoms with Gasteiger partial charge in [0.1, 0.15) is 6.54 Å². The summed E-state index contributed by atoms with van der Waals surface area (Å²) >= 11 is 0. The van der Waals surface area contributed by atoms with Crippen molar-refractivity contribution in [3.63, 3.8) is 0 Å². The van der Waals surface area contributed by atoms with Crippen LogP contribution in [0, 0.1) is 0 Å². The highest BCUT2D eigenvalue weighted by Gasteiger charge is 2.39. The van der Waals surface area contributed by atoms with Gasteiger partial charge in [-0.2, -0.15) is 26.3 Å². The molecule has 0 atom stereocenters. The normalized spacial score (nSPS) is 12.7. The standard InChI is InChI=1S/C18H20F6N/c1-4-9-25(10-5-2,11-6-3)13-14-7-8-15(17(19,20)21)12-16(14)18(22,23)24/h4-8,12H,1-3,9-11,13H2/q+1. The van der Waals surface area contributed by atoms with Crippen molar-refractivity contribution in [2.45, 2.75) is 18.9 Å². The lowest BCUT2D eigenvalue weighted by molar-refractivity contribution is -0.925. The third-order valence-electron chi connectivity index (χ3n) is 3.80. The maximum absolute atomic E-state index is 13.3. The Morgan fingerprint density at radius 1 is 0.800 bits per heavy atom. The van der Waals surface area contributed by atoms with E-state index in [1.165, 1.54) is 0 Å². The highest BCUT2D eigenvalue weighted by Crippen LogP contribution is 2.38. The zero-order chi connectivity index (χ0) is 19.3. The summed E-state index contributed by atoms with van der Waals surface area (Å²) in [5, 5.41) is 0. The van der Waals surface area contributed by atoms with Gasteiger partial charge in [0.25, 0.3) is 0 Å². The lowest BCUT2D eigenvalue weighted by atomic mass is 10.0. The summed E-state index contributed by atoms with van der Waals surface area (Å²) in [6, 6.07) is 1.74. The number of quaternary nitrogens is 1. The molecule has 0 aliphatic heterocycles. The van der Waals surface area contributed by atoms with E-state index in [-0.39, 0.29) is 22.7 Å². The van der Waals surface area contributed by atoms with Crippen LogP contribution >= 0.6 is 0 Å². The van der Waals surface area contributed by atoms with E-state index in [0.717, 1.165) is 6.07 Å². The number of alkyl halides is 6. The van der Waals surface area contributed by atoms with Gasteiger partial charge in [-0.25, -0.2) is 0 Å². The maximum atomic E-state index is 13.3. The minimum absolute atomic E-state index is 0.114. The third-order valence-corrected chi connectivity index (χ3v) is 3.80. The van der Waals surface area contributed by atoms with Crippen LogP contribution in [0.4, 0.5) is 26.3 Å². The van der Waals surface area contributed by atoms with Gasteiger partial charge in [0.05, 0.1) is 30.8 Å². The number of hydrogen-bond donors (Lipinski definition) is 0. The largest absolute Gasteiger partial charge is 0.416 e. The van der Waals surface area contributed by atoms with Gasteiger partial charge in [-0.3, -0.25) is 0 Å². The van der Waals surface area contributed by atoms with Gasteiger partial charge in [-0.05, 0) is 30.4 Å². The number of nitrogens with zero attached hydrogens (tertiary/aromatic N) is 1. The van der Waals surface area contributed by atoms with E-state index in [1.54, 1.807) is 18.2 Å². The first-order valence-corrected chi connectivity index (χ1v) is 7.44. The van der Waals surface area contributed by atoms with Gasteiger partial charge in [0.15, 0.2) is 0 Å². The Morgan fingerprint density at radius 3 is 1.64 bits per heavy atom. The van der Waals surface area contributed by atoms with Crippen molar-refractivity contribution in [3.05, 3.63) is 72.9 Å². The predicted octanol–water partition coefficient (Wildman–Crippen LogP) is 5.60. The van der Waals surface area contributed by atoms with Gasteiger partial charge >= 0.3 is 12.4 Å². The molecule has 0 aromatic heterocycles. The molecular formula is C18H20F6N+. The highest BCUT2D eigenvalue weighted by molar-refractivity contribution is 5.35. The van der Waals surface area contributed by atoms with Crippen LogP contribution in [0.1, 0.15) is 16.7 Å². The average molecular weight is 364 g/mol. The van der Waals surface area contributed by atoms with E-state index in [9.17, 15) is 26.3 Å². The van der Waals surface area contributed by atoms with Crippen LogP contribution in [0.15, 0.2) is 56.2 Å². The summed E-state index contributed by atoms with van der Waals surface area (Å²) in [5.74, 6) is 0. The molecular weight excluding hydrogens is 344 g/mol. The molecule has 0 radical (unpaired) electrons. The molecule has 138 valence electrons. The minimum atomic E-state index is -4.89. The van der Waals surface area contributed by atoms with E-state index in [2.05, 4.69) is 19.7 Å². The molecule has 0 N–H and O–H groups in total. The summed E-state index contributed by atoms with van der Waals surface area (Å²) in [6.07, 6.45) is -5.05. The number of hydrogen-bond acceptors (Lipinski definition) is 0. The first-order chi connectivity index (χ1) is 11.5. The monoisotopic (exact) mass is 364 g/mol. The summed E-state index contributed by atoms with van der Waals surface area (Å²) in [7, 11) is 0. The van der Waals surface area contributed by atoms with E-state index in [1.807, 2.05) is 0 Å². The fourth-order valence-corrected chi connectivity index (χ4v) is 2.75. The van der Waals surface area contributed by atoms with Crippen LogP contribution < -0.4 is 0 Å². The van der Waals surface area contributed by atoms with Crippen molar-refractivity contribution in [2.75, 3.05) is 19.6 Å². The van der Waals surface area contributed by atoms with Crippen LogP contribution in [0.25, 0.3) is 0 Å². The Kier molecular flexibility index (Phi) is 6.65. The predicted molar refractivity (Wildman–Crippen MR) is 85.6 cm³/mol. The molecule has 0 saturated carbocycles. The Labute approximate surface area is 143 Å². The summed E-state index contributed by atoms with van der Waals surface area (Å²) in [4.78, 5) is 0. The van der Waals surface area contributed by atoms with E-state index in [0.29, 0.717) is 25.7 Å². The second-order valence-corrected chi connectivity index (χ2v) is 5.78. The summed E-state index contributed by atoms with van der Waals surface area (Å²) in [5.41, 5.74) is -2.80. The van der Waals surface area contributed by atoms with Crippen molar-refractivity contribution in [3.8, 4) is 0 Å². The fourth-order valence-electron chi connectivity index (χ4n) is 2.75. The van der Waals surface area contributed by atoms with Crippen LogP contribution in [-0.2, 0) is 18.9 Å². The van der Waals surface area contributed by atoms with E-state index >= 15 is 0 Å². The second-order valence-electron chi connectivity index (χ2n) is 5.78. The molecule has 1 aromatic carbocycles. The molecule has 7 heteroatoms. The smallest absolute Gasteiger partial charge is 0.310 e. The van der Waals surface area contributed by atoms with Crippen molar-refractivity contribution in [1.29, 1.82) is 0 Å². The SMILES string of the molecule is C=CC[N+](CC=C)(CC=C)Cc1ccc(C(F)(F)F)cc1C(F)(F)F. The number of rotatable bonds is 8. The van der Waals surface area contributed by atoms with E-state index < -0.39 is 23.5 Å². The minimum Gasteiger partial charge on any atom is -0.310 e. The van der Waals surface area contributed by atoms with Gasteiger partial charge in [0.2, 0.25) is 0 Å². The first-order valence-electron chi connectivity index (χ1n) is 7.44. The molecule has 1 nitrogen and oxygen atoms in total. The number of halogens is 6. The van der Waals surface area contributed by atoms with Crippen LogP contribution in [0.3, 0.4) is 0 Å². The quantitative estimate of drug-likeness (QED) is 0.320. The average Bonchev–Trinajstić information content (AvgIpc) is 2.46. The topological polar surface area (TPSA) is 0 Å². The zero-order valence-electron chi connectivity index (χ0n) is 13.6. The molecule has 0 amide bonds. The molecule has 1 aromatic rings. The second kappa shape index (κ2) is 7.91. The van der Waals surface area contributed by atoms with Crippen molar-refractivity contribution >= 4 is 0 Å². The van der Waals surface area contributed by atoms with Gasteiger partial charge in [-0.15, -0.1) is 0 Å². The third kappa shape index (κ3) is 5.49. The molecule has 0 saturated heterocycles. The van der Waals surface area contributed by atoms with Gasteiger partial charge in [0, 0.05) is 5.56 Å². The van der Waals surface area contributed by atoms with Crippen LogP contribution in [-0.4, -0.2) is 24.1 Å². The van der Waals surface area contributed by atoms with Crippen LogP contribution in [0.2, 0.25) is 0 Å². The molecule has 25 heavy (non-hydrogen) atoms. The molecule has 0 bridgehead atoms. The molecule has 0 aliphatic rings. The summed E-state index contributed by atoms with van der Waals surface area (Å²) in [6.45, 7) is 11.7. The van der Waals surface area contributed by atoms with Crippen LogP contribution in [0.5, 0.6) is 0 Å². The molecule has 0 heterocycles. The van der Waals surface area contributed by atoms with Gasteiger partial charge in [-0.1, -0.05) is 25.8 Å². The Bertz CT molecular complexity index is 601. The molecule has 0 unspecified atom stereocenters. The lowest BCUT2D eigenvalue weighted by Crippen LogP contribution is -2.48. The van der Waals surface area contributed by atoms with Crippen molar-refractivity contribution in [2.24, 2.45) is 0 Å². The Morgan fingerprint density at radius 2 is 1.28 bits per heavy atom. The Balaban J connectivity index is 3.45. The highest BCUT2D eigenvalue weighted by atomic mass is 19.4. The number of benzene rings is 1. The zero-order valence-corrected chi connectivity index (χ0v) is 13.6. The van der Waals surface area contributed by atoms with Crippen molar-refractivity contribution in [1.82, 2.24) is 0 Å². The molecule has 1 rings (SSSR count). The van der Waals surface area contributed by atoms with Gasteiger partial charge < -0.3 is 4.48 Å². The Hall–Kier alpha value is -2.02. The molecule has 0 spiro atoms. The first kappa shape index (κ1) is 21.0. The fraction of sp³-hybridized carbons (Fsp3) is 0.333. The summed E-state index contributed by atoms with van der Waals surface area (Å²) < 4.78 is 78.4. The molecule has 0 fully saturated rings. The van der Waals surface area contributed by atoms with E-state index in [4.69, 9.17) is 0 Å². The maximum Gasteiger partial charge on any atom is 0.416 e. The lowest BCUT2D eigenvalue weighted by Gasteiger charge is -2.37.